The molecule has 2 fully saturated rings. The average molecular weight is 508 g/mol. The molecule has 2 aliphatic heterocycles. The van der Waals surface area contributed by atoms with Crippen LogP contribution in [0, 0.1) is 12.7 Å². The van der Waals surface area contributed by atoms with Gasteiger partial charge in [0.2, 0.25) is 5.91 Å². The number of hydrogen-bond donors (Lipinski definition) is 1. The number of anilines is 2. The van der Waals surface area contributed by atoms with Gasteiger partial charge < -0.3 is 29.2 Å². The minimum atomic E-state index is -0.352. The first-order valence-corrected chi connectivity index (χ1v) is 12.4. The van der Waals surface area contributed by atoms with Gasteiger partial charge in [-0.2, -0.15) is 0 Å². The van der Waals surface area contributed by atoms with Crippen molar-refractivity contribution in [1.82, 2.24) is 15.2 Å². The number of urea groups is 1. The van der Waals surface area contributed by atoms with Gasteiger partial charge in [-0.1, -0.05) is 0 Å². The second kappa shape index (κ2) is 10.5. The second-order valence-electron chi connectivity index (χ2n) is 9.29. The van der Waals surface area contributed by atoms with E-state index >= 15 is 0 Å². The van der Waals surface area contributed by atoms with Crippen LogP contribution in [0.3, 0.4) is 0 Å². The van der Waals surface area contributed by atoms with E-state index in [1.807, 2.05) is 18.2 Å². The second-order valence-corrected chi connectivity index (χ2v) is 9.29. The molecule has 3 heterocycles. The summed E-state index contributed by atoms with van der Waals surface area (Å²) in [6, 6.07) is 11.3. The minimum Gasteiger partial charge on any atom is -0.496 e. The molecule has 2 aliphatic rings. The number of benzene rings is 2. The van der Waals surface area contributed by atoms with Crippen molar-refractivity contribution in [3.63, 3.8) is 0 Å². The molecule has 1 unspecified atom stereocenters. The van der Waals surface area contributed by atoms with Crippen LogP contribution in [0.15, 0.2) is 53.1 Å². The van der Waals surface area contributed by atoms with E-state index < -0.39 is 0 Å². The molecule has 0 aliphatic carbocycles. The van der Waals surface area contributed by atoms with Crippen LogP contribution in [0.2, 0.25) is 0 Å². The Morgan fingerprint density at radius 1 is 1.11 bits per heavy atom. The van der Waals surface area contributed by atoms with E-state index in [-0.39, 0.29) is 30.2 Å². The molecule has 1 atom stereocenters. The van der Waals surface area contributed by atoms with E-state index in [1.54, 1.807) is 42.2 Å². The van der Waals surface area contributed by atoms with Gasteiger partial charge in [-0.3, -0.25) is 4.79 Å². The van der Waals surface area contributed by atoms with Crippen LogP contribution >= 0.6 is 0 Å². The summed E-state index contributed by atoms with van der Waals surface area (Å²) in [5, 5.41) is 3.01. The zero-order valence-corrected chi connectivity index (χ0v) is 20.9. The molecule has 10 heteroatoms. The first-order chi connectivity index (χ1) is 17.9. The maximum atomic E-state index is 13.2. The molecule has 0 radical (unpaired) electrons. The Hall–Kier alpha value is -4.08. The lowest BCUT2D eigenvalue weighted by atomic mass is 10.1. The summed E-state index contributed by atoms with van der Waals surface area (Å²) in [6.07, 6.45) is 2.72. The smallest absolute Gasteiger partial charge is 0.317 e. The number of methoxy groups -OCH3 is 1. The molecule has 0 saturated carbocycles. The van der Waals surface area contributed by atoms with Crippen molar-refractivity contribution in [3.8, 4) is 17.1 Å². The standard InChI is InChI=1S/C27H30FN5O4/c1-18-29-16-25(37-18)23-9-8-22(15-24(23)36-2)31-10-3-11-32(13-12-31)27(35)30-20-14-26(34)33(17-20)21-6-4-19(28)5-7-21/h4-9,15-16,20H,3,10-14,17H2,1-2H3,(H,30,35). The minimum absolute atomic E-state index is 0.0863. The number of ether oxygens (including phenoxy) is 1. The zero-order valence-electron chi connectivity index (χ0n) is 20.9. The Morgan fingerprint density at radius 2 is 1.89 bits per heavy atom. The highest BCUT2D eigenvalue weighted by Gasteiger charge is 2.33. The number of carbonyl (C=O) groups excluding carboxylic acids is 2. The molecule has 2 aromatic carbocycles. The van der Waals surface area contributed by atoms with Gasteiger partial charge in [-0.25, -0.2) is 14.2 Å². The summed E-state index contributed by atoms with van der Waals surface area (Å²) in [7, 11) is 1.63. The Labute approximate surface area is 214 Å². The highest BCUT2D eigenvalue weighted by Crippen LogP contribution is 2.34. The molecule has 3 amide bonds. The number of oxazole rings is 1. The first kappa shape index (κ1) is 24.6. The number of carbonyl (C=O) groups is 2. The van der Waals surface area contributed by atoms with Crippen LogP contribution in [0.1, 0.15) is 18.7 Å². The number of halogens is 1. The van der Waals surface area contributed by atoms with Crippen molar-refractivity contribution < 1.29 is 23.1 Å². The maximum absolute atomic E-state index is 13.2. The van der Waals surface area contributed by atoms with Crippen LogP contribution in [0.25, 0.3) is 11.3 Å². The molecule has 0 bridgehead atoms. The van der Waals surface area contributed by atoms with Gasteiger partial charge in [0.05, 0.1) is 24.9 Å². The Bertz CT molecular complexity index is 1280. The van der Waals surface area contributed by atoms with Crippen molar-refractivity contribution in [3.05, 3.63) is 60.4 Å². The Morgan fingerprint density at radius 3 is 2.62 bits per heavy atom. The van der Waals surface area contributed by atoms with E-state index in [9.17, 15) is 14.0 Å². The summed E-state index contributed by atoms with van der Waals surface area (Å²) in [5.41, 5.74) is 2.48. The predicted octanol–water partition coefficient (Wildman–Crippen LogP) is 3.82. The first-order valence-electron chi connectivity index (χ1n) is 12.4. The van der Waals surface area contributed by atoms with Crippen LogP contribution < -0.4 is 19.9 Å². The molecule has 37 heavy (non-hydrogen) atoms. The Kier molecular flexibility index (Phi) is 6.98. The number of amides is 3. The fraction of sp³-hybridized carbons (Fsp3) is 0.370. The molecule has 9 nitrogen and oxygen atoms in total. The van der Waals surface area contributed by atoms with Gasteiger partial charge in [0.1, 0.15) is 11.6 Å². The number of rotatable bonds is 5. The topological polar surface area (TPSA) is 91.2 Å². The molecule has 0 spiro atoms. The van der Waals surface area contributed by atoms with Crippen molar-refractivity contribution in [2.75, 3.05) is 49.6 Å². The SMILES string of the molecule is COc1cc(N2CCCN(C(=O)NC3CC(=O)N(c4ccc(F)cc4)C3)CC2)ccc1-c1cnc(C)o1. The van der Waals surface area contributed by atoms with Crippen LogP contribution in [-0.4, -0.2) is 67.7 Å². The van der Waals surface area contributed by atoms with Crippen LogP contribution in [-0.2, 0) is 4.79 Å². The number of hydrogen-bond acceptors (Lipinski definition) is 6. The predicted molar refractivity (Wildman–Crippen MR) is 137 cm³/mol. The highest BCUT2D eigenvalue weighted by atomic mass is 19.1. The average Bonchev–Trinajstić information content (AvgIpc) is 3.39. The lowest BCUT2D eigenvalue weighted by Crippen LogP contribution is -2.47. The molecule has 194 valence electrons. The summed E-state index contributed by atoms with van der Waals surface area (Å²) >= 11 is 0. The third-order valence-corrected chi connectivity index (χ3v) is 6.81. The lowest BCUT2D eigenvalue weighted by Gasteiger charge is -2.25. The number of aromatic nitrogens is 1. The number of nitrogens with zero attached hydrogens (tertiary/aromatic N) is 4. The summed E-state index contributed by atoms with van der Waals surface area (Å²) in [5.74, 6) is 1.51. The summed E-state index contributed by atoms with van der Waals surface area (Å²) in [4.78, 5) is 35.3. The van der Waals surface area contributed by atoms with Crippen LogP contribution in [0.5, 0.6) is 5.75 Å². The maximum Gasteiger partial charge on any atom is 0.317 e. The monoisotopic (exact) mass is 507 g/mol. The van der Waals surface area contributed by atoms with E-state index in [2.05, 4.69) is 15.2 Å². The molecular weight excluding hydrogens is 477 g/mol. The zero-order chi connectivity index (χ0) is 25.9. The normalized spacial score (nSPS) is 18.2. The van der Waals surface area contributed by atoms with Gasteiger partial charge in [-0.05, 0) is 42.8 Å². The van der Waals surface area contributed by atoms with Crippen molar-refractivity contribution in [2.24, 2.45) is 0 Å². The van der Waals surface area contributed by atoms with E-state index in [0.29, 0.717) is 49.3 Å². The van der Waals surface area contributed by atoms with E-state index in [4.69, 9.17) is 9.15 Å². The largest absolute Gasteiger partial charge is 0.496 e. The Balaban J connectivity index is 1.19. The fourth-order valence-electron chi connectivity index (χ4n) is 4.89. The molecule has 3 aromatic rings. The van der Waals surface area contributed by atoms with E-state index in [0.717, 1.165) is 24.2 Å². The summed E-state index contributed by atoms with van der Waals surface area (Å²) < 4.78 is 24.5. The molecular formula is C27H30FN5O4. The van der Waals surface area contributed by atoms with Gasteiger partial charge >= 0.3 is 6.03 Å². The van der Waals surface area contributed by atoms with Crippen molar-refractivity contribution >= 4 is 23.3 Å². The fourth-order valence-corrected chi connectivity index (χ4v) is 4.89. The molecule has 1 aromatic heterocycles. The molecule has 5 rings (SSSR count). The van der Waals surface area contributed by atoms with Crippen LogP contribution in [0.4, 0.5) is 20.6 Å². The lowest BCUT2D eigenvalue weighted by molar-refractivity contribution is -0.117. The van der Waals surface area contributed by atoms with Gasteiger partial charge in [0.25, 0.3) is 0 Å². The highest BCUT2D eigenvalue weighted by molar-refractivity contribution is 5.96. The third-order valence-electron chi connectivity index (χ3n) is 6.81. The molecule has 1 N–H and O–H groups in total. The van der Waals surface area contributed by atoms with Gasteiger partial charge in [0, 0.05) is 63.5 Å². The van der Waals surface area contributed by atoms with Gasteiger partial charge in [-0.15, -0.1) is 0 Å². The van der Waals surface area contributed by atoms with Gasteiger partial charge in [0.15, 0.2) is 11.7 Å². The number of nitrogens with one attached hydrogen (secondary N) is 1. The van der Waals surface area contributed by atoms with Crippen molar-refractivity contribution in [1.29, 1.82) is 0 Å². The van der Waals surface area contributed by atoms with Crippen molar-refractivity contribution in [2.45, 2.75) is 25.8 Å². The summed E-state index contributed by atoms with van der Waals surface area (Å²) in [6.45, 7) is 4.82. The quantitative estimate of drug-likeness (QED) is 0.565. The van der Waals surface area contributed by atoms with E-state index in [1.165, 1.54) is 12.1 Å². The number of aryl methyl sites for hydroxylation is 1. The molecule has 2 saturated heterocycles. The third kappa shape index (κ3) is 5.37.